The molecule has 3 rings (SSSR count). The molecule has 2 heterocycles. The highest BCUT2D eigenvalue weighted by Crippen LogP contribution is 2.28. The van der Waals surface area contributed by atoms with E-state index in [-0.39, 0.29) is 24.3 Å². The fourth-order valence-corrected chi connectivity index (χ4v) is 3.79. The highest BCUT2D eigenvalue weighted by atomic mass is 16.6. The van der Waals surface area contributed by atoms with E-state index in [1.807, 2.05) is 57.7 Å². The summed E-state index contributed by atoms with van der Waals surface area (Å²) in [5, 5.41) is 0. The van der Waals surface area contributed by atoms with Crippen molar-refractivity contribution in [3.63, 3.8) is 0 Å². The second-order valence-electron chi connectivity index (χ2n) is 8.64. The first kappa shape index (κ1) is 20.3. The van der Waals surface area contributed by atoms with Gasteiger partial charge in [-0.05, 0) is 57.9 Å². The Balaban J connectivity index is 1.65. The maximum absolute atomic E-state index is 13.0. The Morgan fingerprint density at radius 1 is 1.00 bits per heavy atom. The van der Waals surface area contributed by atoms with Crippen molar-refractivity contribution in [1.29, 1.82) is 0 Å². The molecule has 2 aliphatic rings. The van der Waals surface area contributed by atoms with Crippen LogP contribution in [0, 0.1) is 13.8 Å². The second-order valence-corrected chi connectivity index (χ2v) is 8.64. The molecule has 152 valence electrons. The van der Waals surface area contributed by atoms with Gasteiger partial charge in [0.2, 0.25) is 5.91 Å². The standard InChI is InChI=1S/C21H29N3O4/c1-14-10-15(2)12-16(11-14)24-18(25)13-17(19(24)26)22-6-8-23(9-7-22)20(27)28-21(3,4)5/h10-12,17H,6-9,13H2,1-5H3/t17-/m1/s1. The van der Waals surface area contributed by atoms with E-state index >= 15 is 0 Å². The van der Waals surface area contributed by atoms with Crippen LogP contribution in [0.2, 0.25) is 0 Å². The molecule has 1 aromatic carbocycles. The summed E-state index contributed by atoms with van der Waals surface area (Å²) in [5.41, 5.74) is 2.14. The van der Waals surface area contributed by atoms with Crippen molar-refractivity contribution in [3.05, 3.63) is 29.3 Å². The van der Waals surface area contributed by atoms with Crippen molar-refractivity contribution in [3.8, 4) is 0 Å². The summed E-state index contributed by atoms with van der Waals surface area (Å²) < 4.78 is 5.41. The van der Waals surface area contributed by atoms with Gasteiger partial charge in [-0.25, -0.2) is 9.69 Å². The number of ether oxygens (including phenoxy) is 1. The molecular weight excluding hydrogens is 358 g/mol. The fourth-order valence-electron chi connectivity index (χ4n) is 3.79. The minimum absolute atomic E-state index is 0.172. The van der Waals surface area contributed by atoms with Crippen LogP contribution in [0.1, 0.15) is 38.3 Å². The number of rotatable bonds is 2. The first-order valence-electron chi connectivity index (χ1n) is 9.72. The second kappa shape index (κ2) is 7.54. The maximum atomic E-state index is 13.0. The molecule has 3 amide bonds. The Labute approximate surface area is 166 Å². The largest absolute Gasteiger partial charge is 0.444 e. The highest BCUT2D eigenvalue weighted by molar-refractivity contribution is 6.22. The summed E-state index contributed by atoms with van der Waals surface area (Å²) in [5.74, 6) is -0.352. The number of benzene rings is 1. The molecular formula is C21H29N3O4. The van der Waals surface area contributed by atoms with E-state index in [9.17, 15) is 14.4 Å². The summed E-state index contributed by atoms with van der Waals surface area (Å²) in [6.45, 7) is 11.5. The molecule has 0 bridgehead atoms. The summed E-state index contributed by atoms with van der Waals surface area (Å²) in [7, 11) is 0. The lowest BCUT2D eigenvalue weighted by Gasteiger charge is -2.37. The number of nitrogens with zero attached hydrogens (tertiary/aromatic N) is 3. The van der Waals surface area contributed by atoms with Gasteiger partial charge in [-0.3, -0.25) is 14.5 Å². The van der Waals surface area contributed by atoms with Gasteiger partial charge >= 0.3 is 6.09 Å². The van der Waals surface area contributed by atoms with E-state index in [2.05, 4.69) is 0 Å². The zero-order valence-electron chi connectivity index (χ0n) is 17.3. The van der Waals surface area contributed by atoms with E-state index in [0.717, 1.165) is 11.1 Å². The smallest absolute Gasteiger partial charge is 0.410 e. The zero-order chi connectivity index (χ0) is 20.6. The summed E-state index contributed by atoms with van der Waals surface area (Å²) >= 11 is 0. The third-order valence-corrected chi connectivity index (χ3v) is 4.99. The number of amides is 3. The van der Waals surface area contributed by atoms with E-state index < -0.39 is 11.6 Å². The molecule has 0 aromatic heterocycles. The molecule has 2 saturated heterocycles. The lowest BCUT2D eigenvalue weighted by atomic mass is 10.1. The zero-order valence-corrected chi connectivity index (χ0v) is 17.3. The molecule has 0 aliphatic carbocycles. The lowest BCUT2D eigenvalue weighted by molar-refractivity contribution is -0.123. The minimum Gasteiger partial charge on any atom is -0.444 e. The molecule has 2 fully saturated rings. The first-order chi connectivity index (χ1) is 13.0. The van der Waals surface area contributed by atoms with Gasteiger partial charge in [0, 0.05) is 26.2 Å². The van der Waals surface area contributed by atoms with Crippen LogP contribution in [0.5, 0.6) is 0 Å². The Bertz CT molecular complexity index is 771. The summed E-state index contributed by atoms with van der Waals surface area (Å²) in [6, 6.07) is 5.29. The Kier molecular flexibility index (Phi) is 5.48. The molecule has 0 unspecified atom stereocenters. The van der Waals surface area contributed by atoms with Crippen LogP contribution in [-0.4, -0.2) is 65.5 Å². The van der Waals surface area contributed by atoms with Crippen molar-refractivity contribution in [2.24, 2.45) is 0 Å². The summed E-state index contributed by atoms with van der Waals surface area (Å²) in [4.78, 5) is 42.8. The van der Waals surface area contributed by atoms with Crippen molar-refractivity contribution >= 4 is 23.6 Å². The van der Waals surface area contributed by atoms with Crippen LogP contribution in [0.15, 0.2) is 18.2 Å². The Morgan fingerprint density at radius 3 is 2.11 bits per heavy atom. The fraction of sp³-hybridized carbons (Fsp3) is 0.571. The molecule has 7 nitrogen and oxygen atoms in total. The van der Waals surface area contributed by atoms with Gasteiger partial charge in [-0.1, -0.05) is 6.07 Å². The van der Waals surface area contributed by atoms with E-state index in [1.54, 1.807) is 4.90 Å². The quantitative estimate of drug-likeness (QED) is 0.729. The Hall–Kier alpha value is -2.41. The molecule has 0 N–H and O–H groups in total. The highest BCUT2D eigenvalue weighted by Gasteiger charge is 2.43. The predicted molar refractivity (Wildman–Crippen MR) is 106 cm³/mol. The number of imide groups is 1. The molecule has 2 aliphatic heterocycles. The monoisotopic (exact) mass is 387 g/mol. The predicted octanol–water partition coefficient (Wildman–Crippen LogP) is 2.49. The molecule has 1 aromatic rings. The SMILES string of the molecule is Cc1cc(C)cc(N2C(=O)C[C@@H](N3CCN(C(=O)OC(C)(C)C)CC3)C2=O)c1. The number of hydrogen-bond donors (Lipinski definition) is 0. The van der Waals surface area contributed by atoms with Crippen molar-refractivity contribution in [1.82, 2.24) is 9.80 Å². The number of carbonyl (C=O) groups excluding carboxylic acids is 3. The van der Waals surface area contributed by atoms with Crippen LogP contribution in [0.4, 0.5) is 10.5 Å². The third-order valence-electron chi connectivity index (χ3n) is 4.99. The molecule has 0 radical (unpaired) electrons. The average Bonchev–Trinajstić information content (AvgIpc) is 2.87. The van der Waals surface area contributed by atoms with Gasteiger partial charge in [0.15, 0.2) is 0 Å². The van der Waals surface area contributed by atoms with Crippen molar-refractivity contribution in [2.75, 3.05) is 31.1 Å². The molecule has 0 spiro atoms. The number of carbonyl (C=O) groups is 3. The van der Waals surface area contributed by atoms with Crippen LogP contribution in [-0.2, 0) is 14.3 Å². The van der Waals surface area contributed by atoms with E-state index in [1.165, 1.54) is 4.90 Å². The molecule has 1 atom stereocenters. The topological polar surface area (TPSA) is 70.2 Å². The number of hydrogen-bond acceptors (Lipinski definition) is 5. The lowest BCUT2D eigenvalue weighted by Crippen LogP contribution is -2.54. The van der Waals surface area contributed by atoms with Crippen LogP contribution < -0.4 is 4.90 Å². The van der Waals surface area contributed by atoms with Gasteiger partial charge in [0.05, 0.1) is 18.2 Å². The minimum atomic E-state index is -0.533. The van der Waals surface area contributed by atoms with Gasteiger partial charge < -0.3 is 9.64 Å². The van der Waals surface area contributed by atoms with E-state index in [4.69, 9.17) is 4.74 Å². The number of anilines is 1. The normalized spacial score (nSPS) is 21.4. The summed E-state index contributed by atoms with van der Waals surface area (Å²) in [6.07, 6.45) is -0.157. The van der Waals surface area contributed by atoms with E-state index in [0.29, 0.717) is 31.9 Å². The van der Waals surface area contributed by atoms with Crippen LogP contribution in [0.3, 0.4) is 0 Å². The average molecular weight is 387 g/mol. The Morgan fingerprint density at radius 2 is 1.57 bits per heavy atom. The molecule has 28 heavy (non-hydrogen) atoms. The maximum Gasteiger partial charge on any atom is 0.410 e. The number of aryl methyl sites for hydroxylation is 2. The van der Waals surface area contributed by atoms with Crippen molar-refractivity contribution < 1.29 is 19.1 Å². The van der Waals surface area contributed by atoms with Crippen molar-refractivity contribution in [2.45, 2.75) is 52.7 Å². The molecule has 7 heteroatoms. The first-order valence-corrected chi connectivity index (χ1v) is 9.72. The van der Waals surface area contributed by atoms with Gasteiger partial charge in [-0.2, -0.15) is 0 Å². The third kappa shape index (κ3) is 4.35. The van der Waals surface area contributed by atoms with Gasteiger partial charge in [0.1, 0.15) is 5.60 Å². The van der Waals surface area contributed by atoms with Gasteiger partial charge in [0.25, 0.3) is 5.91 Å². The van der Waals surface area contributed by atoms with Gasteiger partial charge in [-0.15, -0.1) is 0 Å². The number of piperazine rings is 1. The van der Waals surface area contributed by atoms with Crippen LogP contribution >= 0.6 is 0 Å². The van der Waals surface area contributed by atoms with Crippen LogP contribution in [0.25, 0.3) is 0 Å². The molecule has 0 saturated carbocycles.